The van der Waals surface area contributed by atoms with E-state index in [4.69, 9.17) is 9.84 Å². The smallest absolute Gasteiger partial charge is 0.352 e. The molecular weight excluding hydrogens is 232 g/mol. The van der Waals surface area contributed by atoms with Crippen LogP contribution in [0.2, 0.25) is 0 Å². The molecule has 1 aromatic heterocycles. The molecule has 2 aromatic rings. The quantitative estimate of drug-likeness (QED) is 0.780. The number of fused-ring (bicyclic) bond motifs is 1. The second-order valence-electron chi connectivity index (χ2n) is 3.64. The topological polar surface area (TPSA) is 74.4 Å². The van der Waals surface area contributed by atoms with Crippen molar-refractivity contribution in [2.24, 2.45) is 0 Å². The van der Waals surface area contributed by atoms with Crippen LogP contribution in [0.25, 0.3) is 10.9 Å². The number of hydrogen-bond donors (Lipinski definition) is 3. The second-order valence-corrected chi connectivity index (χ2v) is 3.64. The lowest BCUT2D eigenvalue weighted by Gasteiger charge is -2.02. The fraction of sp³-hybridized carbons (Fsp3) is 0.308. The minimum absolute atomic E-state index is 0.178. The van der Waals surface area contributed by atoms with Gasteiger partial charge in [-0.15, -0.1) is 0 Å². The third-order valence-electron chi connectivity index (χ3n) is 2.15. The molecule has 98 valence electrons. The van der Waals surface area contributed by atoms with Crippen molar-refractivity contribution >= 4 is 16.9 Å². The van der Waals surface area contributed by atoms with E-state index in [1.54, 1.807) is 6.07 Å². The zero-order valence-electron chi connectivity index (χ0n) is 10.8. The molecule has 1 heterocycles. The van der Waals surface area contributed by atoms with Gasteiger partial charge in [0.2, 0.25) is 0 Å². The molecule has 0 saturated carbocycles. The van der Waals surface area contributed by atoms with Crippen LogP contribution in [-0.2, 0) is 0 Å². The van der Waals surface area contributed by atoms with Gasteiger partial charge in [-0.1, -0.05) is 6.07 Å². The lowest BCUT2D eigenvalue weighted by atomic mass is 10.2. The monoisotopic (exact) mass is 250 g/mol. The molecular formula is C13H18N2O3. The van der Waals surface area contributed by atoms with Crippen LogP contribution >= 0.6 is 0 Å². The van der Waals surface area contributed by atoms with Crippen LogP contribution < -0.4 is 10.1 Å². The molecule has 0 saturated heterocycles. The van der Waals surface area contributed by atoms with Crippen molar-refractivity contribution in [2.45, 2.75) is 6.92 Å². The van der Waals surface area contributed by atoms with Crippen molar-refractivity contribution in [3.63, 3.8) is 0 Å². The molecule has 2 rings (SSSR count). The lowest BCUT2D eigenvalue weighted by Crippen LogP contribution is -1.94. The zero-order valence-corrected chi connectivity index (χ0v) is 10.8. The number of carboxylic acids is 1. The third kappa shape index (κ3) is 3.24. The van der Waals surface area contributed by atoms with Crippen LogP contribution in [0.3, 0.4) is 0 Å². The van der Waals surface area contributed by atoms with Crippen molar-refractivity contribution < 1.29 is 14.6 Å². The van der Waals surface area contributed by atoms with Crippen LogP contribution in [0, 0.1) is 0 Å². The molecule has 0 amide bonds. The Bertz CT molecular complexity index is 520. The fourth-order valence-corrected chi connectivity index (χ4v) is 1.52. The number of aromatic carboxylic acids is 1. The minimum atomic E-state index is -0.964. The summed E-state index contributed by atoms with van der Waals surface area (Å²) in [5, 5.41) is 12.4. The van der Waals surface area contributed by atoms with E-state index in [2.05, 4.69) is 10.3 Å². The fourth-order valence-electron chi connectivity index (χ4n) is 1.52. The molecule has 0 atom stereocenters. The second kappa shape index (κ2) is 6.66. The summed E-state index contributed by atoms with van der Waals surface area (Å²) in [6.07, 6.45) is 0. The first kappa shape index (κ1) is 14.1. The van der Waals surface area contributed by atoms with Crippen molar-refractivity contribution in [1.29, 1.82) is 0 Å². The van der Waals surface area contributed by atoms with Crippen molar-refractivity contribution in [2.75, 3.05) is 20.7 Å². The van der Waals surface area contributed by atoms with Crippen molar-refractivity contribution in [3.05, 3.63) is 30.0 Å². The van der Waals surface area contributed by atoms with Crippen molar-refractivity contribution in [3.8, 4) is 5.75 Å². The Kier molecular flexibility index (Phi) is 5.20. The first-order chi connectivity index (χ1) is 8.63. The van der Waals surface area contributed by atoms with E-state index in [-0.39, 0.29) is 5.69 Å². The highest BCUT2D eigenvalue weighted by Crippen LogP contribution is 2.26. The highest BCUT2D eigenvalue weighted by molar-refractivity contribution is 5.96. The lowest BCUT2D eigenvalue weighted by molar-refractivity contribution is 0.0691. The van der Waals surface area contributed by atoms with E-state index in [1.807, 2.05) is 39.2 Å². The maximum absolute atomic E-state index is 10.8. The molecule has 1 aromatic carbocycles. The summed E-state index contributed by atoms with van der Waals surface area (Å²) in [5.41, 5.74) is 0.954. The molecule has 0 aliphatic carbocycles. The first-order valence-electron chi connectivity index (χ1n) is 5.70. The van der Waals surface area contributed by atoms with Gasteiger partial charge >= 0.3 is 5.97 Å². The molecule has 18 heavy (non-hydrogen) atoms. The predicted molar refractivity (Wildman–Crippen MR) is 71.4 cm³/mol. The van der Waals surface area contributed by atoms with Crippen molar-refractivity contribution in [1.82, 2.24) is 10.3 Å². The maximum Gasteiger partial charge on any atom is 0.352 e. The molecule has 0 bridgehead atoms. The van der Waals surface area contributed by atoms with Crippen LogP contribution in [0.15, 0.2) is 24.3 Å². The number of rotatable bonds is 3. The molecule has 5 nitrogen and oxygen atoms in total. The van der Waals surface area contributed by atoms with Gasteiger partial charge in [0.25, 0.3) is 0 Å². The van der Waals surface area contributed by atoms with Crippen LogP contribution in [-0.4, -0.2) is 36.8 Å². The van der Waals surface area contributed by atoms with Gasteiger partial charge in [-0.05, 0) is 39.2 Å². The summed E-state index contributed by atoms with van der Waals surface area (Å²) < 4.78 is 5.40. The van der Waals surface area contributed by atoms with Crippen LogP contribution in [0.5, 0.6) is 5.75 Å². The van der Waals surface area contributed by atoms with E-state index in [0.717, 1.165) is 10.9 Å². The molecule has 0 unspecified atom stereocenters. The highest BCUT2D eigenvalue weighted by atomic mass is 16.5. The number of aromatic amines is 1. The number of nitrogens with one attached hydrogen (secondary N) is 2. The average Bonchev–Trinajstić information content (AvgIpc) is 2.75. The number of hydrogen-bond acceptors (Lipinski definition) is 3. The van der Waals surface area contributed by atoms with Gasteiger partial charge in [0.15, 0.2) is 0 Å². The summed E-state index contributed by atoms with van der Waals surface area (Å²) in [5.74, 6) is -0.257. The summed E-state index contributed by atoms with van der Waals surface area (Å²) >= 11 is 0. The normalized spacial score (nSPS) is 9.72. The third-order valence-corrected chi connectivity index (χ3v) is 2.15. The van der Waals surface area contributed by atoms with Gasteiger partial charge in [-0.25, -0.2) is 4.79 Å². The highest BCUT2D eigenvalue weighted by Gasteiger charge is 2.10. The van der Waals surface area contributed by atoms with Gasteiger partial charge in [-0.3, -0.25) is 0 Å². The van der Waals surface area contributed by atoms with Gasteiger partial charge in [0, 0.05) is 10.9 Å². The number of H-pyrrole nitrogens is 1. The summed E-state index contributed by atoms with van der Waals surface area (Å²) in [4.78, 5) is 13.6. The molecule has 0 aliphatic rings. The Morgan fingerprint density at radius 1 is 1.44 bits per heavy atom. The van der Waals surface area contributed by atoms with E-state index < -0.39 is 5.97 Å². The Labute approximate surface area is 106 Å². The molecule has 0 fully saturated rings. The number of ether oxygens (including phenoxy) is 1. The van der Waals surface area contributed by atoms with E-state index in [1.165, 1.54) is 0 Å². The van der Waals surface area contributed by atoms with Crippen LogP contribution in [0.4, 0.5) is 0 Å². The molecule has 5 heteroatoms. The first-order valence-corrected chi connectivity index (χ1v) is 5.70. The van der Waals surface area contributed by atoms with E-state index in [9.17, 15) is 4.79 Å². The summed E-state index contributed by atoms with van der Waals surface area (Å²) in [6, 6.07) is 7.06. The maximum atomic E-state index is 10.8. The average molecular weight is 250 g/mol. The SMILES string of the molecule is CCOc1cccc2[nH]c(C(=O)O)cc12.CNC. The Hall–Kier alpha value is -2.01. The summed E-state index contributed by atoms with van der Waals surface area (Å²) in [7, 11) is 3.75. The Balaban J connectivity index is 0.000000492. The standard InChI is InChI=1S/C11H11NO3.C2H7N/c1-2-15-10-5-3-4-8-7(10)6-9(12-8)11(13)14;1-3-2/h3-6,12H,2H2,1H3,(H,13,14);3H,1-2H3. The Morgan fingerprint density at radius 3 is 2.67 bits per heavy atom. The van der Waals surface area contributed by atoms with Gasteiger partial charge in [0.05, 0.1) is 6.61 Å². The number of carbonyl (C=O) groups is 1. The number of benzene rings is 1. The van der Waals surface area contributed by atoms with Gasteiger partial charge in [0.1, 0.15) is 11.4 Å². The van der Waals surface area contributed by atoms with Gasteiger partial charge in [-0.2, -0.15) is 0 Å². The van der Waals surface area contributed by atoms with E-state index in [0.29, 0.717) is 12.4 Å². The van der Waals surface area contributed by atoms with Crippen LogP contribution in [0.1, 0.15) is 17.4 Å². The predicted octanol–water partition coefficient (Wildman–Crippen LogP) is 2.10. The molecule has 0 spiro atoms. The number of carboxylic acid groups (broad SMARTS) is 1. The number of aromatic nitrogens is 1. The van der Waals surface area contributed by atoms with E-state index >= 15 is 0 Å². The zero-order chi connectivity index (χ0) is 13.5. The Morgan fingerprint density at radius 2 is 2.11 bits per heavy atom. The summed E-state index contributed by atoms with van der Waals surface area (Å²) in [6.45, 7) is 2.45. The van der Waals surface area contributed by atoms with Gasteiger partial charge < -0.3 is 20.1 Å². The molecule has 0 aliphatic heterocycles. The molecule has 3 N–H and O–H groups in total. The molecule has 0 radical (unpaired) electrons. The minimum Gasteiger partial charge on any atom is -0.493 e. The largest absolute Gasteiger partial charge is 0.493 e.